The number of hydrogen-bond acceptors (Lipinski definition) is 4. The van der Waals surface area contributed by atoms with E-state index >= 15 is 0 Å². The lowest BCUT2D eigenvalue weighted by atomic mass is 10.1. The maximum atomic E-state index is 11.9. The number of benzene rings is 1. The van der Waals surface area contributed by atoms with Crippen LogP contribution in [0.15, 0.2) is 41.8 Å². The third-order valence-electron chi connectivity index (χ3n) is 3.16. The molecule has 0 unspecified atom stereocenters. The predicted octanol–water partition coefficient (Wildman–Crippen LogP) is 2.85. The summed E-state index contributed by atoms with van der Waals surface area (Å²) in [4.78, 5) is 24.8. The van der Waals surface area contributed by atoms with Crippen molar-refractivity contribution < 1.29 is 14.3 Å². The molecule has 0 aliphatic heterocycles. The molecular formula is C17H19NO3S. The summed E-state index contributed by atoms with van der Waals surface area (Å²) in [5.74, 6) is -0.687. The lowest BCUT2D eigenvalue weighted by molar-refractivity contribution is -0.154. The number of rotatable bonds is 6. The molecule has 22 heavy (non-hydrogen) atoms. The Balaban J connectivity index is 1.77. The van der Waals surface area contributed by atoms with Crippen LogP contribution in [0.1, 0.15) is 22.9 Å². The van der Waals surface area contributed by atoms with Crippen LogP contribution in [0.25, 0.3) is 0 Å². The maximum Gasteiger partial charge on any atom is 0.311 e. The summed E-state index contributed by atoms with van der Waals surface area (Å²) in [7, 11) is 0. The van der Waals surface area contributed by atoms with E-state index in [9.17, 15) is 9.59 Å². The molecular weight excluding hydrogens is 298 g/mol. The average Bonchev–Trinajstić information content (AvgIpc) is 3.00. The molecule has 1 aromatic carbocycles. The third kappa shape index (κ3) is 5.00. The van der Waals surface area contributed by atoms with Crippen molar-refractivity contribution >= 4 is 23.2 Å². The molecule has 0 fully saturated rings. The second kappa shape index (κ2) is 7.75. The average molecular weight is 317 g/mol. The minimum absolute atomic E-state index is 0.169. The number of ether oxygens (including phenoxy) is 1. The van der Waals surface area contributed by atoms with Gasteiger partial charge < -0.3 is 10.1 Å². The summed E-state index contributed by atoms with van der Waals surface area (Å²) in [5.41, 5.74) is 2.01. The highest BCUT2D eigenvalue weighted by molar-refractivity contribution is 7.09. The molecule has 1 N–H and O–H groups in total. The molecule has 1 amide bonds. The zero-order valence-electron chi connectivity index (χ0n) is 12.7. The van der Waals surface area contributed by atoms with Gasteiger partial charge in [-0.3, -0.25) is 9.59 Å². The van der Waals surface area contributed by atoms with Crippen LogP contribution in [0, 0.1) is 6.92 Å². The number of aryl methyl sites for hydroxylation is 1. The van der Waals surface area contributed by atoms with Crippen LogP contribution in [0.2, 0.25) is 0 Å². The van der Waals surface area contributed by atoms with Gasteiger partial charge in [-0.2, -0.15) is 0 Å². The highest BCUT2D eigenvalue weighted by Crippen LogP contribution is 2.08. The van der Waals surface area contributed by atoms with Gasteiger partial charge in [0.1, 0.15) is 0 Å². The zero-order valence-corrected chi connectivity index (χ0v) is 13.5. The van der Waals surface area contributed by atoms with Gasteiger partial charge >= 0.3 is 5.97 Å². The first-order valence-corrected chi connectivity index (χ1v) is 7.97. The number of carbonyl (C=O) groups is 2. The van der Waals surface area contributed by atoms with Crippen molar-refractivity contribution in [2.24, 2.45) is 0 Å². The van der Waals surface area contributed by atoms with Crippen molar-refractivity contribution in [3.63, 3.8) is 0 Å². The Hall–Kier alpha value is -2.14. The van der Waals surface area contributed by atoms with Gasteiger partial charge in [0, 0.05) is 4.88 Å². The van der Waals surface area contributed by atoms with Crippen molar-refractivity contribution in [3.05, 3.63) is 57.8 Å². The number of amides is 1. The molecule has 1 atom stereocenters. The predicted molar refractivity (Wildman–Crippen MR) is 86.6 cm³/mol. The largest absolute Gasteiger partial charge is 0.452 e. The van der Waals surface area contributed by atoms with E-state index in [0.717, 1.165) is 16.0 Å². The van der Waals surface area contributed by atoms with E-state index in [1.54, 1.807) is 18.3 Å². The van der Waals surface area contributed by atoms with E-state index in [0.29, 0.717) is 6.54 Å². The minimum atomic E-state index is -0.794. The number of nitrogens with one attached hydrogen (secondary N) is 1. The first kappa shape index (κ1) is 16.2. The van der Waals surface area contributed by atoms with E-state index in [1.807, 2.05) is 48.7 Å². The Morgan fingerprint density at radius 3 is 2.59 bits per heavy atom. The smallest absolute Gasteiger partial charge is 0.311 e. The second-order valence-corrected chi connectivity index (χ2v) is 6.12. The summed E-state index contributed by atoms with van der Waals surface area (Å²) in [5, 5.41) is 4.71. The molecule has 1 heterocycles. The zero-order chi connectivity index (χ0) is 15.9. The first-order valence-electron chi connectivity index (χ1n) is 7.09. The lowest BCUT2D eigenvalue weighted by Crippen LogP contribution is -2.35. The molecule has 0 saturated heterocycles. The fourth-order valence-corrected chi connectivity index (χ4v) is 2.54. The fraction of sp³-hybridized carbons (Fsp3) is 0.294. The van der Waals surface area contributed by atoms with E-state index in [1.165, 1.54) is 0 Å². The van der Waals surface area contributed by atoms with Crippen LogP contribution < -0.4 is 5.32 Å². The Bertz CT molecular complexity index is 620. The molecule has 1 aromatic heterocycles. The normalized spacial score (nSPS) is 11.7. The first-order chi connectivity index (χ1) is 10.5. The number of carbonyl (C=O) groups excluding carboxylic acids is 2. The fourth-order valence-electron chi connectivity index (χ4n) is 1.90. The van der Waals surface area contributed by atoms with Gasteiger partial charge in [-0.15, -0.1) is 11.3 Å². The topological polar surface area (TPSA) is 55.4 Å². The highest BCUT2D eigenvalue weighted by atomic mass is 32.1. The second-order valence-electron chi connectivity index (χ2n) is 5.09. The Kier molecular flexibility index (Phi) is 5.72. The number of thiophene rings is 1. The molecule has 0 spiro atoms. The summed E-state index contributed by atoms with van der Waals surface area (Å²) < 4.78 is 5.17. The third-order valence-corrected chi connectivity index (χ3v) is 4.04. The van der Waals surface area contributed by atoms with Gasteiger partial charge in [-0.25, -0.2) is 0 Å². The van der Waals surface area contributed by atoms with E-state index < -0.39 is 12.1 Å². The van der Waals surface area contributed by atoms with Gasteiger partial charge in [0.15, 0.2) is 6.10 Å². The van der Waals surface area contributed by atoms with E-state index in [-0.39, 0.29) is 12.3 Å². The molecule has 2 rings (SSSR count). The standard InChI is InChI=1S/C17H19NO3S/c1-12-5-7-14(8-6-12)10-16(19)21-13(2)17(20)18-11-15-4-3-9-22-15/h3-9,13H,10-11H2,1-2H3,(H,18,20)/t13-/m1/s1. The quantitative estimate of drug-likeness (QED) is 0.834. The molecule has 0 aliphatic carbocycles. The van der Waals surface area contributed by atoms with Crippen molar-refractivity contribution in [1.82, 2.24) is 5.32 Å². The van der Waals surface area contributed by atoms with Gasteiger partial charge in [-0.05, 0) is 30.9 Å². The monoisotopic (exact) mass is 317 g/mol. The summed E-state index contributed by atoms with van der Waals surface area (Å²) in [6, 6.07) is 11.5. The summed E-state index contributed by atoms with van der Waals surface area (Å²) in [6.45, 7) is 4.02. The van der Waals surface area contributed by atoms with Gasteiger partial charge in [-0.1, -0.05) is 35.9 Å². The molecule has 0 aliphatic rings. The number of esters is 1. The molecule has 0 bridgehead atoms. The van der Waals surface area contributed by atoms with E-state index in [4.69, 9.17) is 4.74 Å². The van der Waals surface area contributed by atoms with Crippen molar-refractivity contribution in [2.75, 3.05) is 0 Å². The van der Waals surface area contributed by atoms with Gasteiger partial charge in [0.2, 0.25) is 0 Å². The van der Waals surface area contributed by atoms with Crippen molar-refractivity contribution in [1.29, 1.82) is 0 Å². The minimum Gasteiger partial charge on any atom is -0.452 e. The van der Waals surface area contributed by atoms with Crippen LogP contribution >= 0.6 is 11.3 Å². The Labute approximate surface area is 134 Å². The van der Waals surface area contributed by atoms with Crippen molar-refractivity contribution in [2.45, 2.75) is 32.9 Å². The Morgan fingerprint density at radius 2 is 1.95 bits per heavy atom. The van der Waals surface area contributed by atoms with E-state index in [2.05, 4.69) is 5.32 Å². The van der Waals surface area contributed by atoms with Crippen LogP contribution in [0.3, 0.4) is 0 Å². The Morgan fingerprint density at radius 1 is 1.23 bits per heavy atom. The molecule has 5 heteroatoms. The molecule has 2 aromatic rings. The van der Waals surface area contributed by atoms with Crippen LogP contribution in [0.5, 0.6) is 0 Å². The molecule has 4 nitrogen and oxygen atoms in total. The van der Waals surface area contributed by atoms with Gasteiger partial charge in [0.25, 0.3) is 5.91 Å². The van der Waals surface area contributed by atoms with Gasteiger partial charge in [0.05, 0.1) is 13.0 Å². The maximum absolute atomic E-state index is 11.9. The summed E-state index contributed by atoms with van der Waals surface area (Å²) in [6.07, 6.45) is -0.624. The molecule has 0 radical (unpaired) electrons. The summed E-state index contributed by atoms with van der Waals surface area (Å²) >= 11 is 1.57. The van der Waals surface area contributed by atoms with Crippen molar-refractivity contribution in [3.8, 4) is 0 Å². The lowest BCUT2D eigenvalue weighted by Gasteiger charge is -2.13. The molecule has 0 saturated carbocycles. The number of hydrogen-bond donors (Lipinski definition) is 1. The van der Waals surface area contributed by atoms with Crippen LogP contribution in [-0.2, 0) is 27.3 Å². The van der Waals surface area contributed by atoms with Crippen LogP contribution in [0.4, 0.5) is 0 Å². The van der Waals surface area contributed by atoms with Crippen LogP contribution in [-0.4, -0.2) is 18.0 Å². The SMILES string of the molecule is Cc1ccc(CC(=O)O[C@H](C)C(=O)NCc2cccs2)cc1. The molecule has 116 valence electrons. The highest BCUT2D eigenvalue weighted by Gasteiger charge is 2.17.